The molecule has 0 heterocycles. The van der Waals surface area contributed by atoms with Gasteiger partial charge in [-0.25, -0.2) is 0 Å². The maximum Gasteiger partial charge on any atom is 0.221 e. The molecule has 2 aliphatic rings. The van der Waals surface area contributed by atoms with E-state index in [1.54, 1.807) is 0 Å². The monoisotopic (exact) mass is 163 g/mol. The second-order valence-electron chi connectivity index (χ2n) is 3.67. The molecular formula is C10H13NO. The summed E-state index contributed by atoms with van der Waals surface area (Å²) in [4.78, 5) is 11.0. The second-order valence-corrected chi connectivity index (χ2v) is 3.67. The van der Waals surface area contributed by atoms with E-state index in [1.807, 2.05) is 6.08 Å². The number of fused-ring (bicyclic) bond motifs is 2. The number of hydrogen-bond acceptors (Lipinski definition) is 1. The van der Waals surface area contributed by atoms with E-state index in [2.05, 4.69) is 18.2 Å². The van der Waals surface area contributed by atoms with Crippen LogP contribution in [-0.4, -0.2) is 5.91 Å². The Kier molecular flexibility index (Phi) is 1.75. The Balaban J connectivity index is 2.19. The fraction of sp³-hybridized carbons (Fsp3) is 0.500. The topological polar surface area (TPSA) is 43.1 Å². The zero-order valence-electron chi connectivity index (χ0n) is 6.94. The highest BCUT2D eigenvalue weighted by atomic mass is 16.1. The lowest BCUT2D eigenvalue weighted by Gasteiger charge is -2.11. The van der Waals surface area contributed by atoms with Gasteiger partial charge in [-0.1, -0.05) is 24.3 Å². The van der Waals surface area contributed by atoms with Crippen molar-refractivity contribution < 1.29 is 4.79 Å². The molecule has 0 radical (unpaired) electrons. The summed E-state index contributed by atoms with van der Waals surface area (Å²) in [5, 5.41) is 0. The second kappa shape index (κ2) is 2.77. The molecular weight excluding hydrogens is 150 g/mol. The molecule has 0 aromatic carbocycles. The van der Waals surface area contributed by atoms with Crippen LogP contribution in [0.2, 0.25) is 0 Å². The van der Waals surface area contributed by atoms with Gasteiger partial charge in [0.05, 0.1) is 0 Å². The summed E-state index contributed by atoms with van der Waals surface area (Å²) in [7, 11) is 0. The molecule has 12 heavy (non-hydrogen) atoms. The number of primary amides is 1. The molecule has 0 aromatic rings. The summed E-state index contributed by atoms with van der Waals surface area (Å²) >= 11 is 0. The summed E-state index contributed by atoms with van der Waals surface area (Å²) in [6, 6.07) is 0. The van der Waals surface area contributed by atoms with Crippen LogP contribution in [0.25, 0.3) is 0 Å². The van der Waals surface area contributed by atoms with E-state index in [0.717, 1.165) is 12.8 Å². The average Bonchev–Trinajstić information content (AvgIpc) is 2.23. The van der Waals surface area contributed by atoms with Crippen LogP contribution in [0.5, 0.6) is 0 Å². The molecule has 2 rings (SSSR count). The van der Waals surface area contributed by atoms with Gasteiger partial charge in [-0.05, 0) is 24.7 Å². The first kappa shape index (κ1) is 7.59. The molecule has 0 spiro atoms. The highest BCUT2D eigenvalue weighted by Crippen LogP contribution is 2.39. The van der Waals surface area contributed by atoms with Crippen molar-refractivity contribution in [3.05, 3.63) is 24.3 Å². The Morgan fingerprint density at radius 1 is 1.25 bits per heavy atom. The Bertz CT molecular complexity index is 255. The third-order valence-electron chi connectivity index (χ3n) is 2.87. The Morgan fingerprint density at radius 3 is 2.75 bits per heavy atom. The van der Waals surface area contributed by atoms with Gasteiger partial charge in [-0.3, -0.25) is 4.79 Å². The molecule has 2 aliphatic carbocycles. The maximum atomic E-state index is 11.0. The molecule has 2 nitrogen and oxygen atoms in total. The summed E-state index contributed by atoms with van der Waals surface area (Å²) < 4.78 is 0. The van der Waals surface area contributed by atoms with Crippen molar-refractivity contribution in [2.75, 3.05) is 0 Å². The number of carbonyl (C=O) groups is 1. The van der Waals surface area contributed by atoms with E-state index in [1.165, 1.54) is 0 Å². The Morgan fingerprint density at radius 2 is 2.00 bits per heavy atom. The summed E-state index contributed by atoms with van der Waals surface area (Å²) in [5.41, 5.74) is 5.31. The molecule has 3 atom stereocenters. The lowest BCUT2D eigenvalue weighted by molar-refractivity contribution is -0.122. The van der Waals surface area contributed by atoms with Crippen LogP contribution >= 0.6 is 0 Å². The standard InChI is InChI=1S/C10H13NO/c11-10(12)9-6-7-3-1-2-4-8(9)5-7/h1-4,7-9H,5-6H2,(H2,11,12)/t7-,8+,9-/m1/s1. The quantitative estimate of drug-likeness (QED) is 0.621. The summed E-state index contributed by atoms with van der Waals surface area (Å²) in [6.07, 6.45) is 10.4. The number of hydrogen-bond donors (Lipinski definition) is 1. The number of rotatable bonds is 1. The fourth-order valence-corrected chi connectivity index (χ4v) is 2.24. The minimum atomic E-state index is -0.137. The first-order valence-corrected chi connectivity index (χ1v) is 4.41. The molecule has 1 fully saturated rings. The predicted molar refractivity (Wildman–Crippen MR) is 47.2 cm³/mol. The van der Waals surface area contributed by atoms with Crippen LogP contribution in [0.3, 0.4) is 0 Å². The minimum Gasteiger partial charge on any atom is -0.369 e. The van der Waals surface area contributed by atoms with Gasteiger partial charge in [0.1, 0.15) is 0 Å². The molecule has 0 saturated heterocycles. The fourth-order valence-electron chi connectivity index (χ4n) is 2.24. The Hall–Kier alpha value is -1.05. The van der Waals surface area contributed by atoms with Gasteiger partial charge in [0.15, 0.2) is 0 Å². The number of amides is 1. The molecule has 1 saturated carbocycles. The normalized spacial score (nSPS) is 38.2. The smallest absolute Gasteiger partial charge is 0.221 e. The molecule has 0 unspecified atom stereocenters. The van der Waals surface area contributed by atoms with Gasteiger partial charge in [-0.2, -0.15) is 0 Å². The summed E-state index contributed by atoms with van der Waals surface area (Å²) in [6.45, 7) is 0. The van der Waals surface area contributed by atoms with Crippen molar-refractivity contribution in [1.82, 2.24) is 0 Å². The van der Waals surface area contributed by atoms with Crippen molar-refractivity contribution in [3.8, 4) is 0 Å². The highest BCUT2D eigenvalue weighted by Gasteiger charge is 2.35. The van der Waals surface area contributed by atoms with Crippen LogP contribution in [0.1, 0.15) is 12.8 Å². The third kappa shape index (κ3) is 1.17. The van der Waals surface area contributed by atoms with Crippen molar-refractivity contribution in [2.45, 2.75) is 12.8 Å². The lowest BCUT2D eigenvalue weighted by Crippen LogP contribution is -2.25. The lowest BCUT2D eigenvalue weighted by atomic mass is 9.95. The Labute approximate surface area is 72.1 Å². The number of carbonyl (C=O) groups excluding carboxylic acids is 1. The van der Waals surface area contributed by atoms with E-state index in [4.69, 9.17) is 5.73 Å². The molecule has 1 amide bonds. The van der Waals surface area contributed by atoms with E-state index in [0.29, 0.717) is 11.8 Å². The van der Waals surface area contributed by atoms with Crippen LogP contribution < -0.4 is 5.73 Å². The van der Waals surface area contributed by atoms with Crippen LogP contribution in [0.4, 0.5) is 0 Å². The van der Waals surface area contributed by atoms with Crippen LogP contribution in [-0.2, 0) is 4.79 Å². The molecule has 0 aliphatic heterocycles. The zero-order chi connectivity index (χ0) is 8.55. The third-order valence-corrected chi connectivity index (χ3v) is 2.87. The largest absolute Gasteiger partial charge is 0.369 e. The zero-order valence-corrected chi connectivity index (χ0v) is 6.94. The molecule has 2 N–H and O–H groups in total. The predicted octanol–water partition coefficient (Wildman–Crippen LogP) is 1.24. The molecule has 64 valence electrons. The molecule has 2 bridgehead atoms. The first-order chi connectivity index (χ1) is 5.77. The van der Waals surface area contributed by atoms with Gasteiger partial charge in [-0.15, -0.1) is 0 Å². The van der Waals surface area contributed by atoms with Crippen molar-refractivity contribution in [1.29, 1.82) is 0 Å². The van der Waals surface area contributed by atoms with Gasteiger partial charge in [0, 0.05) is 5.92 Å². The van der Waals surface area contributed by atoms with Crippen LogP contribution in [0, 0.1) is 17.8 Å². The maximum absolute atomic E-state index is 11.0. The SMILES string of the molecule is NC(=O)[C@@H]1C[C@@H]2C=CC=C[C@H]1C2. The van der Waals surface area contributed by atoms with Crippen molar-refractivity contribution >= 4 is 5.91 Å². The summed E-state index contributed by atoms with van der Waals surface area (Å²) in [5.74, 6) is 0.906. The van der Waals surface area contributed by atoms with Crippen molar-refractivity contribution in [2.24, 2.45) is 23.5 Å². The van der Waals surface area contributed by atoms with E-state index in [9.17, 15) is 4.79 Å². The average molecular weight is 163 g/mol. The minimum absolute atomic E-state index is 0.0798. The van der Waals surface area contributed by atoms with Crippen molar-refractivity contribution in [3.63, 3.8) is 0 Å². The molecule has 2 heteroatoms. The number of allylic oxidation sites excluding steroid dienone is 4. The first-order valence-electron chi connectivity index (χ1n) is 4.41. The van der Waals surface area contributed by atoms with E-state index < -0.39 is 0 Å². The molecule has 0 aromatic heterocycles. The highest BCUT2D eigenvalue weighted by molar-refractivity contribution is 5.77. The van der Waals surface area contributed by atoms with Crippen LogP contribution in [0.15, 0.2) is 24.3 Å². The number of nitrogens with two attached hydrogens (primary N) is 1. The van der Waals surface area contributed by atoms with E-state index in [-0.39, 0.29) is 11.8 Å². The van der Waals surface area contributed by atoms with Gasteiger partial charge < -0.3 is 5.73 Å². The van der Waals surface area contributed by atoms with E-state index >= 15 is 0 Å². The van der Waals surface area contributed by atoms with Gasteiger partial charge >= 0.3 is 0 Å². The van der Waals surface area contributed by atoms with Gasteiger partial charge in [0.25, 0.3) is 0 Å². The van der Waals surface area contributed by atoms with Gasteiger partial charge in [0.2, 0.25) is 5.91 Å².